The third-order valence-electron chi connectivity index (χ3n) is 4.88. The monoisotopic (exact) mass is 557 g/mol. The van der Waals surface area contributed by atoms with Crippen molar-refractivity contribution in [2.45, 2.75) is 44.6 Å². The molecule has 0 bridgehead atoms. The quantitative estimate of drug-likeness (QED) is 0.136. The second-order valence-electron chi connectivity index (χ2n) is 7.95. The standard InChI is InChI=1S/C21H27N5O9S2/c1-9(2)33-21(30)35-10(3)34-19(29)15-11(6-31-4)7-36-18-14(17(28)26(15)18)24-16(27)13(25-32-5)12-8-37-20(22)23-12/h8-10,14,18H,6-7H2,1-5H3,(H2,22,23)(H,24,27)/t10-,14-,18+/m0/s1. The Bertz CT molecular complexity index is 1120. The predicted molar refractivity (Wildman–Crippen MR) is 132 cm³/mol. The Labute approximate surface area is 220 Å². The van der Waals surface area contributed by atoms with Crippen molar-refractivity contribution in [3.8, 4) is 0 Å². The van der Waals surface area contributed by atoms with Crippen molar-refractivity contribution in [1.29, 1.82) is 0 Å². The Balaban J connectivity index is 1.74. The molecule has 0 aliphatic carbocycles. The number of oxime groups is 1. The van der Waals surface area contributed by atoms with Crippen molar-refractivity contribution in [2.75, 3.05) is 32.3 Å². The number of rotatable bonds is 10. The first-order valence-electron chi connectivity index (χ1n) is 10.9. The Morgan fingerprint density at radius 2 is 1.97 bits per heavy atom. The van der Waals surface area contributed by atoms with E-state index in [1.807, 2.05) is 0 Å². The Kier molecular flexibility index (Phi) is 9.34. The van der Waals surface area contributed by atoms with E-state index in [-0.39, 0.29) is 28.8 Å². The summed E-state index contributed by atoms with van der Waals surface area (Å²) in [6.45, 7) is 4.68. The number of hydrogen-bond acceptors (Lipinski definition) is 14. The van der Waals surface area contributed by atoms with Crippen molar-refractivity contribution in [3.63, 3.8) is 0 Å². The lowest BCUT2D eigenvalue weighted by molar-refractivity contribution is -0.169. The lowest BCUT2D eigenvalue weighted by atomic mass is 10.0. The number of thiazole rings is 1. The summed E-state index contributed by atoms with van der Waals surface area (Å²) in [5, 5.41) is 7.49. The minimum absolute atomic E-state index is 0.0353. The third-order valence-corrected chi connectivity index (χ3v) is 6.89. The smallest absolute Gasteiger partial charge is 0.431 e. The number of nitrogens with one attached hydrogen (secondary N) is 1. The summed E-state index contributed by atoms with van der Waals surface area (Å²) in [6.07, 6.45) is -2.71. The van der Waals surface area contributed by atoms with Crippen LogP contribution in [0, 0.1) is 0 Å². The first-order valence-corrected chi connectivity index (χ1v) is 12.9. The number of amides is 2. The van der Waals surface area contributed by atoms with Gasteiger partial charge in [-0.25, -0.2) is 14.6 Å². The van der Waals surface area contributed by atoms with Gasteiger partial charge in [0.25, 0.3) is 11.8 Å². The molecule has 2 amide bonds. The maximum Gasteiger partial charge on any atom is 0.511 e. The Hall–Kier alpha value is -3.37. The molecule has 14 nitrogen and oxygen atoms in total. The molecule has 2 aliphatic rings. The van der Waals surface area contributed by atoms with Crippen LogP contribution in [0.4, 0.5) is 9.93 Å². The van der Waals surface area contributed by atoms with E-state index >= 15 is 0 Å². The van der Waals surface area contributed by atoms with Crippen molar-refractivity contribution >= 4 is 57.9 Å². The number of ether oxygens (including phenoxy) is 4. The number of carbonyl (C=O) groups is 4. The number of fused-ring (bicyclic) bond motifs is 1. The van der Waals surface area contributed by atoms with Gasteiger partial charge in [-0.05, 0) is 19.4 Å². The highest BCUT2D eigenvalue weighted by molar-refractivity contribution is 8.00. The summed E-state index contributed by atoms with van der Waals surface area (Å²) in [5.41, 5.74) is 6.15. The molecular formula is C21H27N5O9S2. The molecule has 0 radical (unpaired) electrons. The highest BCUT2D eigenvalue weighted by Crippen LogP contribution is 2.41. The van der Waals surface area contributed by atoms with Gasteiger partial charge in [0.1, 0.15) is 29.9 Å². The minimum Gasteiger partial charge on any atom is -0.431 e. The van der Waals surface area contributed by atoms with E-state index in [1.54, 1.807) is 13.8 Å². The molecule has 0 aromatic carbocycles. The number of esters is 1. The van der Waals surface area contributed by atoms with Gasteiger partial charge in [-0.1, -0.05) is 5.16 Å². The molecule has 3 N–H and O–H groups in total. The van der Waals surface area contributed by atoms with Crippen LogP contribution in [0.5, 0.6) is 0 Å². The van der Waals surface area contributed by atoms with Gasteiger partial charge in [-0.15, -0.1) is 23.1 Å². The zero-order chi connectivity index (χ0) is 27.3. The molecule has 1 aromatic rings. The minimum atomic E-state index is -1.28. The summed E-state index contributed by atoms with van der Waals surface area (Å²) in [7, 11) is 2.71. The number of hydrogen-bond donors (Lipinski definition) is 2. The zero-order valence-corrected chi connectivity index (χ0v) is 22.3. The number of nitrogens with zero attached hydrogens (tertiary/aromatic N) is 3. The van der Waals surface area contributed by atoms with Crippen molar-refractivity contribution in [3.05, 3.63) is 22.3 Å². The maximum atomic E-state index is 13.1. The highest BCUT2D eigenvalue weighted by atomic mass is 32.2. The van der Waals surface area contributed by atoms with Crippen LogP contribution in [0.2, 0.25) is 0 Å². The zero-order valence-electron chi connectivity index (χ0n) is 20.7. The Morgan fingerprint density at radius 3 is 2.57 bits per heavy atom. The first-order chi connectivity index (χ1) is 17.6. The van der Waals surface area contributed by atoms with Crippen molar-refractivity contribution < 1.29 is 43.0 Å². The Morgan fingerprint density at radius 1 is 1.24 bits per heavy atom. The van der Waals surface area contributed by atoms with E-state index < -0.39 is 47.7 Å². The van der Waals surface area contributed by atoms with Gasteiger partial charge in [0.05, 0.1) is 12.7 Å². The van der Waals surface area contributed by atoms with Crippen LogP contribution in [0.3, 0.4) is 0 Å². The largest absolute Gasteiger partial charge is 0.511 e. The average Bonchev–Trinajstić information content (AvgIpc) is 3.25. The maximum absolute atomic E-state index is 13.1. The van der Waals surface area contributed by atoms with E-state index in [2.05, 4.69) is 15.5 Å². The number of nitrogen functional groups attached to an aromatic ring is 1. The van der Waals surface area contributed by atoms with Crippen LogP contribution < -0.4 is 11.1 Å². The molecule has 3 atom stereocenters. The second kappa shape index (κ2) is 12.2. The number of aromatic nitrogens is 1. The van der Waals surface area contributed by atoms with E-state index in [0.29, 0.717) is 11.3 Å². The number of β-lactam (4-membered cyclic amide) rings is 1. The number of thioether (sulfide) groups is 1. The van der Waals surface area contributed by atoms with Crippen LogP contribution in [0.25, 0.3) is 0 Å². The average molecular weight is 558 g/mol. The van der Waals surface area contributed by atoms with E-state index in [9.17, 15) is 19.2 Å². The molecule has 0 saturated carbocycles. The van der Waals surface area contributed by atoms with Gasteiger partial charge in [-0.2, -0.15) is 0 Å². The summed E-state index contributed by atoms with van der Waals surface area (Å²) < 4.78 is 20.2. The number of carbonyl (C=O) groups excluding carboxylic acids is 4. The molecular weight excluding hydrogens is 530 g/mol. The van der Waals surface area contributed by atoms with Crippen molar-refractivity contribution in [2.24, 2.45) is 5.16 Å². The second-order valence-corrected chi connectivity index (χ2v) is 9.94. The van der Waals surface area contributed by atoms with Crippen LogP contribution >= 0.6 is 23.1 Å². The SMILES string of the molecule is COCC1=C(C(=O)O[C@H](C)OC(=O)OC(C)C)N2C(=O)[C@H](NC(=O)C(=NOC)c3csc(N)n3)[C@H]2SC1. The van der Waals surface area contributed by atoms with Gasteiger partial charge in [0.2, 0.25) is 6.29 Å². The van der Waals surface area contributed by atoms with Crippen molar-refractivity contribution in [1.82, 2.24) is 15.2 Å². The molecule has 16 heteroatoms. The molecule has 202 valence electrons. The summed E-state index contributed by atoms with van der Waals surface area (Å²) >= 11 is 2.45. The van der Waals surface area contributed by atoms with Crippen LogP contribution in [-0.4, -0.2) is 89.9 Å². The predicted octanol–water partition coefficient (Wildman–Crippen LogP) is 0.827. The van der Waals surface area contributed by atoms with Crippen LogP contribution in [0.15, 0.2) is 21.8 Å². The van der Waals surface area contributed by atoms with Crippen LogP contribution in [0.1, 0.15) is 26.5 Å². The summed E-state index contributed by atoms with van der Waals surface area (Å²) in [6, 6.07) is -0.961. The summed E-state index contributed by atoms with van der Waals surface area (Å²) in [5.74, 6) is -1.81. The molecule has 3 heterocycles. The van der Waals surface area contributed by atoms with E-state index in [4.69, 9.17) is 29.5 Å². The molecule has 0 unspecified atom stereocenters. The third kappa shape index (κ3) is 6.50. The fourth-order valence-electron chi connectivity index (χ4n) is 3.45. The van der Waals surface area contributed by atoms with Gasteiger partial charge in [0.15, 0.2) is 10.8 Å². The topological polar surface area (TPSA) is 181 Å². The number of anilines is 1. The molecule has 1 fully saturated rings. The highest BCUT2D eigenvalue weighted by Gasteiger charge is 2.55. The molecule has 1 saturated heterocycles. The van der Waals surface area contributed by atoms with Crippen LogP contribution in [-0.2, 0) is 38.2 Å². The van der Waals surface area contributed by atoms with E-state index in [0.717, 1.165) is 11.3 Å². The van der Waals surface area contributed by atoms with Gasteiger partial charge in [-0.3, -0.25) is 14.5 Å². The number of nitrogens with two attached hydrogens (primary N) is 1. The van der Waals surface area contributed by atoms with E-state index in [1.165, 1.54) is 43.2 Å². The molecule has 0 spiro atoms. The van der Waals surface area contributed by atoms with Gasteiger partial charge < -0.3 is 34.8 Å². The van der Waals surface area contributed by atoms with Gasteiger partial charge >= 0.3 is 12.1 Å². The molecule has 1 aromatic heterocycles. The molecule has 3 rings (SSSR count). The fourth-order valence-corrected chi connectivity index (χ4v) is 5.32. The van der Waals surface area contributed by atoms with Gasteiger partial charge in [0, 0.05) is 25.2 Å². The normalized spacial score (nSPS) is 20.1. The fraction of sp³-hybridized carbons (Fsp3) is 0.524. The lowest BCUT2D eigenvalue weighted by Crippen LogP contribution is -2.71. The molecule has 2 aliphatic heterocycles. The first kappa shape index (κ1) is 28.2. The number of methoxy groups -OCH3 is 1. The molecule has 37 heavy (non-hydrogen) atoms. The lowest BCUT2D eigenvalue weighted by Gasteiger charge is -2.49. The summed E-state index contributed by atoms with van der Waals surface area (Å²) in [4.78, 5) is 60.8.